The number of carbonyl (C=O) groups is 1. The first kappa shape index (κ1) is 16.9. The molecule has 0 spiro atoms. The molecule has 0 unspecified atom stereocenters. The van der Waals surface area contributed by atoms with Gasteiger partial charge in [-0.3, -0.25) is 4.79 Å². The Hall–Kier alpha value is -2.50. The van der Waals surface area contributed by atoms with Crippen molar-refractivity contribution >= 4 is 5.97 Å². The Labute approximate surface area is 135 Å². The molecule has 1 heterocycles. The highest BCUT2D eigenvalue weighted by Crippen LogP contribution is 2.34. The zero-order valence-electron chi connectivity index (χ0n) is 14.1. The van der Waals surface area contributed by atoms with Gasteiger partial charge in [-0.15, -0.1) is 0 Å². The van der Waals surface area contributed by atoms with E-state index in [4.69, 9.17) is 9.47 Å². The van der Waals surface area contributed by atoms with E-state index in [9.17, 15) is 9.90 Å². The van der Waals surface area contributed by atoms with Crippen molar-refractivity contribution < 1.29 is 19.4 Å². The number of hydrogen-bond acceptors (Lipinski definition) is 4. The van der Waals surface area contributed by atoms with Crippen LogP contribution in [-0.2, 0) is 16.6 Å². The molecule has 0 amide bonds. The molecule has 0 atom stereocenters. The molecule has 0 aliphatic carbocycles. The first-order valence-corrected chi connectivity index (χ1v) is 7.30. The smallest absolute Gasteiger partial charge is 0.308 e. The summed E-state index contributed by atoms with van der Waals surface area (Å²) in [4.78, 5) is 11.2. The Morgan fingerprint density at radius 3 is 2.48 bits per heavy atom. The highest BCUT2D eigenvalue weighted by molar-refractivity contribution is 5.72. The number of aromatic nitrogens is 2. The van der Waals surface area contributed by atoms with Crippen LogP contribution in [-0.4, -0.2) is 35.1 Å². The topological polar surface area (TPSA) is 73.6 Å². The van der Waals surface area contributed by atoms with E-state index in [1.54, 1.807) is 11.8 Å². The van der Waals surface area contributed by atoms with Crippen LogP contribution in [0, 0.1) is 0 Å². The Bertz CT molecular complexity index is 714. The molecule has 2 rings (SSSR count). The van der Waals surface area contributed by atoms with E-state index in [2.05, 4.69) is 5.10 Å². The van der Waals surface area contributed by atoms with Crippen LogP contribution in [0.3, 0.4) is 0 Å². The molecular weight excluding hydrogens is 296 g/mol. The zero-order valence-corrected chi connectivity index (χ0v) is 14.1. The third-order valence-corrected chi connectivity index (χ3v) is 3.47. The highest BCUT2D eigenvalue weighted by atomic mass is 16.5. The number of nitrogens with zero attached hydrogens (tertiary/aromatic N) is 2. The van der Waals surface area contributed by atoms with Gasteiger partial charge in [-0.2, -0.15) is 5.10 Å². The molecule has 0 fully saturated rings. The lowest BCUT2D eigenvalue weighted by molar-refractivity contribution is -0.136. The summed E-state index contributed by atoms with van der Waals surface area (Å²) >= 11 is 0. The fourth-order valence-electron chi connectivity index (χ4n) is 2.48. The average molecular weight is 318 g/mol. The monoisotopic (exact) mass is 318 g/mol. The van der Waals surface area contributed by atoms with Crippen LogP contribution in [0.25, 0.3) is 5.69 Å². The van der Waals surface area contributed by atoms with E-state index in [0.29, 0.717) is 22.9 Å². The third kappa shape index (κ3) is 3.47. The van der Waals surface area contributed by atoms with E-state index < -0.39 is 5.97 Å². The van der Waals surface area contributed by atoms with Gasteiger partial charge in [0.2, 0.25) is 5.88 Å². The minimum absolute atomic E-state index is 0.139. The van der Waals surface area contributed by atoms with E-state index in [-0.39, 0.29) is 11.8 Å². The molecule has 2 aromatic rings. The number of methoxy groups -OCH3 is 2. The number of hydrogen-bond donors (Lipinski definition) is 1. The minimum atomic E-state index is -0.918. The van der Waals surface area contributed by atoms with E-state index in [1.165, 1.54) is 7.11 Å². The van der Waals surface area contributed by atoms with Gasteiger partial charge < -0.3 is 14.6 Å². The van der Waals surface area contributed by atoms with Gasteiger partial charge in [0.05, 0.1) is 32.0 Å². The predicted molar refractivity (Wildman–Crippen MR) is 86.7 cm³/mol. The summed E-state index contributed by atoms with van der Waals surface area (Å²) in [6, 6.07) is 7.38. The van der Waals surface area contributed by atoms with Crippen LogP contribution in [0.4, 0.5) is 0 Å². The molecule has 0 radical (unpaired) electrons. The number of aliphatic carboxylic acids is 1. The zero-order chi connectivity index (χ0) is 17.2. The molecule has 0 saturated heterocycles. The van der Waals surface area contributed by atoms with Crippen molar-refractivity contribution in [3.8, 4) is 17.3 Å². The van der Waals surface area contributed by atoms with E-state index >= 15 is 0 Å². The highest BCUT2D eigenvalue weighted by Gasteiger charge is 2.29. The molecule has 1 N–H and O–H groups in total. The second-order valence-corrected chi connectivity index (χ2v) is 6.27. The van der Waals surface area contributed by atoms with Gasteiger partial charge in [0.1, 0.15) is 5.75 Å². The quantitative estimate of drug-likeness (QED) is 0.917. The molecule has 0 aliphatic rings. The second-order valence-electron chi connectivity index (χ2n) is 6.27. The number of carboxylic acid groups (broad SMARTS) is 1. The Morgan fingerprint density at radius 1 is 1.26 bits per heavy atom. The normalized spacial score (nSPS) is 11.3. The van der Waals surface area contributed by atoms with Gasteiger partial charge in [-0.25, -0.2) is 4.68 Å². The molecule has 124 valence electrons. The van der Waals surface area contributed by atoms with Gasteiger partial charge in [0.25, 0.3) is 0 Å². The Balaban J connectivity index is 2.68. The van der Waals surface area contributed by atoms with Gasteiger partial charge in [-0.05, 0) is 12.1 Å². The number of ether oxygens (including phenoxy) is 2. The van der Waals surface area contributed by atoms with Gasteiger partial charge >= 0.3 is 5.97 Å². The van der Waals surface area contributed by atoms with Crippen LogP contribution in [0.5, 0.6) is 11.6 Å². The first-order valence-electron chi connectivity index (χ1n) is 7.30. The molecule has 0 aliphatic heterocycles. The summed E-state index contributed by atoms with van der Waals surface area (Å²) in [5.74, 6) is 0.210. The van der Waals surface area contributed by atoms with Crippen molar-refractivity contribution in [3.05, 3.63) is 35.5 Å². The molecule has 23 heavy (non-hydrogen) atoms. The molecular formula is C17H22N2O4. The van der Waals surface area contributed by atoms with Crippen LogP contribution in [0.1, 0.15) is 32.0 Å². The fourth-order valence-corrected chi connectivity index (χ4v) is 2.48. The van der Waals surface area contributed by atoms with Crippen molar-refractivity contribution in [2.75, 3.05) is 14.2 Å². The SMILES string of the molecule is COc1cccc(-n2nc(C(C)(C)C)c(CC(=O)O)c2OC)c1. The van der Waals surface area contributed by atoms with Crippen molar-refractivity contribution in [1.29, 1.82) is 0 Å². The lowest BCUT2D eigenvalue weighted by Gasteiger charge is -2.16. The van der Waals surface area contributed by atoms with Crippen molar-refractivity contribution in [2.24, 2.45) is 0 Å². The lowest BCUT2D eigenvalue weighted by Crippen LogP contribution is -2.16. The van der Waals surface area contributed by atoms with E-state index in [0.717, 1.165) is 5.69 Å². The van der Waals surface area contributed by atoms with Gasteiger partial charge in [-0.1, -0.05) is 26.8 Å². The van der Waals surface area contributed by atoms with Crippen molar-refractivity contribution in [1.82, 2.24) is 9.78 Å². The largest absolute Gasteiger partial charge is 0.497 e. The summed E-state index contributed by atoms with van der Waals surface area (Å²) in [6.07, 6.45) is -0.139. The van der Waals surface area contributed by atoms with Gasteiger partial charge in [0.15, 0.2) is 0 Å². The molecule has 0 saturated carbocycles. The molecule has 0 bridgehead atoms. The predicted octanol–water partition coefficient (Wildman–Crippen LogP) is 2.81. The summed E-state index contributed by atoms with van der Waals surface area (Å²) in [7, 11) is 3.11. The van der Waals surface area contributed by atoms with Crippen LogP contribution < -0.4 is 9.47 Å². The maximum absolute atomic E-state index is 11.2. The summed E-state index contributed by atoms with van der Waals surface area (Å²) < 4.78 is 12.3. The molecule has 6 nitrogen and oxygen atoms in total. The Kier molecular flexibility index (Phi) is 4.63. The number of benzene rings is 1. The van der Waals surface area contributed by atoms with Crippen molar-refractivity contribution in [3.63, 3.8) is 0 Å². The van der Waals surface area contributed by atoms with Crippen LogP contribution in [0.2, 0.25) is 0 Å². The third-order valence-electron chi connectivity index (χ3n) is 3.47. The van der Waals surface area contributed by atoms with Crippen LogP contribution in [0.15, 0.2) is 24.3 Å². The van der Waals surface area contributed by atoms with Gasteiger partial charge in [0, 0.05) is 17.0 Å². The van der Waals surface area contributed by atoms with E-state index in [1.807, 2.05) is 45.0 Å². The van der Waals surface area contributed by atoms with Crippen LogP contribution >= 0.6 is 0 Å². The maximum Gasteiger partial charge on any atom is 0.308 e. The standard InChI is InChI=1S/C17H22N2O4/c1-17(2,3)15-13(10-14(20)21)16(23-5)19(18-15)11-7-6-8-12(9-11)22-4/h6-9H,10H2,1-5H3,(H,20,21). The number of carboxylic acids is 1. The minimum Gasteiger partial charge on any atom is -0.497 e. The Morgan fingerprint density at radius 2 is 1.96 bits per heavy atom. The number of rotatable bonds is 5. The fraction of sp³-hybridized carbons (Fsp3) is 0.412. The second kappa shape index (κ2) is 6.32. The lowest BCUT2D eigenvalue weighted by atomic mass is 9.88. The summed E-state index contributed by atoms with van der Waals surface area (Å²) in [5.41, 5.74) is 1.75. The summed E-state index contributed by atoms with van der Waals surface area (Å²) in [5, 5.41) is 13.9. The average Bonchev–Trinajstić information content (AvgIpc) is 2.85. The van der Waals surface area contributed by atoms with Crippen molar-refractivity contribution in [2.45, 2.75) is 32.6 Å². The molecule has 6 heteroatoms. The summed E-state index contributed by atoms with van der Waals surface area (Å²) in [6.45, 7) is 5.99. The maximum atomic E-state index is 11.2. The molecule has 1 aromatic heterocycles. The molecule has 1 aromatic carbocycles. The first-order chi connectivity index (χ1) is 10.8.